The van der Waals surface area contributed by atoms with E-state index in [0.29, 0.717) is 17.3 Å². The van der Waals surface area contributed by atoms with E-state index in [1.165, 1.54) is 0 Å². The average molecular weight is 474 g/mol. The van der Waals surface area contributed by atoms with E-state index >= 15 is 0 Å². The Bertz CT molecular complexity index is 1380. The van der Waals surface area contributed by atoms with Crippen molar-refractivity contribution < 1.29 is 14.3 Å². The zero-order valence-electron chi connectivity index (χ0n) is 18.9. The summed E-state index contributed by atoms with van der Waals surface area (Å²) in [5.74, 6) is 0.355. The molecule has 34 heavy (non-hydrogen) atoms. The summed E-state index contributed by atoms with van der Waals surface area (Å²) in [5, 5.41) is 4.58. The first-order valence-electron chi connectivity index (χ1n) is 11.0. The molecular formula is C27H24ClN3O3. The summed E-state index contributed by atoms with van der Waals surface area (Å²) in [7, 11) is 3.52. The second-order valence-electron chi connectivity index (χ2n) is 8.35. The van der Waals surface area contributed by atoms with Crippen molar-refractivity contribution in [2.75, 3.05) is 13.7 Å². The van der Waals surface area contributed by atoms with E-state index in [4.69, 9.17) is 16.3 Å². The molecule has 0 radical (unpaired) electrons. The van der Waals surface area contributed by atoms with Crippen molar-refractivity contribution in [1.82, 2.24) is 14.8 Å². The van der Waals surface area contributed by atoms with Gasteiger partial charge in [-0.2, -0.15) is 0 Å². The van der Waals surface area contributed by atoms with Crippen molar-refractivity contribution in [2.24, 2.45) is 7.05 Å². The highest BCUT2D eigenvalue weighted by molar-refractivity contribution is 6.30. The van der Waals surface area contributed by atoms with E-state index in [-0.39, 0.29) is 24.4 Å². The Morgan fingerprint density at radius 1 is 1.03 bits per heavy atom. The molecule has 3 aromatic carbocycles. The number of amides is 2. The summed E-state index contributed by atoms with van der Waals surface area (Å²) in [6.45, 7) is 0.313. The number of aryl methyl sites for hydroxylation is 1. The molecule has 0 unspecified atom stereocenters. The van der Waals surface area contributed by atoms with Crippen LogP contribution in [0, 0.1) is 0 Å². The summed E-state index contributed by atoms with van der Waals surface area (Å²) >= 11 is 5.94. The standard InChI is InChI=1S/C27H24ClN3O3/c1-30-22-6-4-3-5-21(22)24-25(18-9-13-20(34-2)14-10-18)31(27(33)26(24)30)16-23(32)29-15-17-7-11-19(28)12-8-17/h3-14,25H,15-16H2,1-2H3,(H,29,32)/t25-/m0/s1. The number of ether oxygens (including phenoxy) is 1. The summed E-state index contributed by atoms with van der Waals surface area (Å²) in [5.41, 5.74) is 4.40. The van der Waals surface area contributed by atoms with Gasteiger partial charge in [0.1, 0.15) is 18.0 Å². The molecule has 1 aliphatic rings. The topological polar surface area (TPSA) is 63.6 Å². The van der Waals surface area contributed by atoms with Gasteiger partial charge in [0.2, 0.25) is 5.91 Å². The van der Waals surface area contributed by atoms with Crippen molar-refractivity contribution >= 4 is 34.3 Å². The predicted molar refractivity (Wildman–Crippen MR) is 132 cm³/mol. The molecule has 6 nitrogen and oxygen atoms in total. The van der Waals surface area contributed by atoms with Gasteiger partial charge in [-0.1, -0.05) is 54.1 Å². The lowest BCUT2D eigenvalue weighted by Gasteiger charge is -2.26. The lowest BCUT2D eigenvalue weighted by molar-refractivity contribution is -0.122. The Labute approximate surface area is 202 Å². The van der Waals surface area contributed by atoms with Gasteiger partial charge in [0.25, 0.3) is 5.91 Å². The van der Waals surface area contributed by atoms with E-state index in [0.717, 1.165) is 33.3 Å². The van der Waals surface area contributed by atoms with Crippen molar-refractivity contribution in [3.05, 3.63) is 100 Å². The highest BCUT2D eigenvalue weighted by atomic mass is 35.5. The van der Waals surface area contributed by atoms with Gasteiger partial charge < -0.3 is 19.5 Å². The molecule has 2 amide bonds. The van der Waals surface area contributed by atoms with Gasteiger partial charge in [-0.15, -0.1) is 0 Å². The SMILES string of the molecule is COc1ccc([C@H]2c3c(n(C)c4ccccc34)C(=O)N2CC(=O)NCc2ccc(Cl)cc2)cc1. The number of hydrogen-bond donors (Lipinski definition) is 1. The Balaban J connectivity index is 1.48. The van der Waals surface area contributed by atoms with Crippen LogP contribution in [0.2, 0.25) is 5.02 Å². The predicted octanol–water partition coefficient (Wildman–Crippen LogP) is 4.70. The molecule has 172 valence electrons. The van der Waals surface area contributed by atoms with Gasteiger partial charge in [0.05, 0.1) is 13.2 Å². The third-order valence-corrected chi connectivity index (χ3v) is 6.60. The zero-order valence-corrected chi connectivity index (χ0v) is 19.7. The maximum Gasteiger partial charge on any atom is 0.272 e. The van der Waals surface area contributed by atoms with Crippen LogP contribution in [-0.2, 0) is 18.4 Å². The minimum absolute atomic E-state index is 0.0495. The van der Waals surface area contributed by atoms with E-state index in [2.05, 4.69) is 5.32 Å². The van der Waals surface area contributed by atoms with Crippen molar-refractivity contribution in [3.63, 3.8) is 0 Å². The number of aromatic nitrogens is 1. The number of halogens is 1. The molecule has 0 spiro atoms. The maximum atomic E-state index is 13.6. The summed E-state index contributed by atoms with van der Waals surface area (Å²) < 4.78 is 7.24. The highest BCUT2D eigenvalue weighted by Gasteiger charge is 2.42. The normalized spacial score (nSPS) is 15.0. The molecule has 1 N–H and O–H groups in total. The molecule has 0 saturated heterocycles. The van der Waals surface area contributed by atoms with Gasteiger partial charge in [-0.05, 0) is 41.5 Å². The quantitative estimate of drug-likeness (QED) is 0.441. The molecule has 0 saturated carbocycles. The second kappa shape index (κ2) is 8.88. The van der Waals surface area contributed by atoms with Crippen LogP contribution in [0.15, 0.2) is 72.8 Å². The number of nitrogens with one attached hydrogen (secondary N) is 1. The summed E-state index contributed by atoms with van der Waals surface area (Å²) in [6, 6.07) is 22.6. The number of carbonyl (C=O) groups excluding carboxylic acids is 2. The zero-order chi connectivity index (χ0) is 23.8. The monoisotopic (exact) mass is 473 g/mol. The largest absolute Gasteiger partial charge is 0.497 e. The van der Waals surface area contributed by atoms with Gasteiger partial charge in [0, 0.05) is 35.1 Å². The number of hydrogen-bond acceptors (Lipinski definition) is 3. The molecule has 0 bridgehead atoms. The first-order valence-corrected chi connectivity index (χ1v) is 11.4. The van der Waals surface area contributed by atoms with Crippen LogP contribution < -0.4 is 10.1 Å². The molecule has 7 heteroatoms. The summed E-state index contributed by atoms with van der Waals surface area (Å²) in [6.07, 6.45) is 0. The van der Waals surface area contributed by atoms with Crippen LogP contribution in [-0.4, -0.2) is 34.9 Å². The van der Waals surface area contributed by atoms with E-state index < -0.39 is 0 Å². The number of fused-ring (bicyclic) bond motifs is 3. The number of nitrogens with zero attached hydrogens (tertiary/aromatic N) is 2. The Morgan fingerprint density at radius 3 is 2.44 bits per heavy atom. The van der Waals surface area contributed by atoms with Crippen LogP contribution in [0.5, 0.6) is 5.75 Å². The number of rotatable bonds is 6. The van der Waals surface area contributed by atoms with Crippen LogP contribution in [0.1, 0.15) is 33.2 Å². The lowest BCUT2D eigenvalue weighted by Crippen LogP contribution is -2.39. The van der Waals surface area contributed by atoms with Crippen molar-refractivity contribution in [2.45, 2.75) is 12.6 Å². The fraction of sp³-hybridized carbons (Fsp3) is 0.185. The van der Waals surface area contributed by atoms with E-state index in [9.17, 15) is 9.59 Å². The smallest absolute Gasteiger partial charge is 0.272 e. The molecule has 2 heterocycles. The number of para-hydroxylation sites is 1. The van der Waals surface area contributed by atoms with Crippen LogP contribution in [0.3, 0.4) is 0 Å². The number of carbonyl (C=O) groups is 2. The first kappa shape index (κ1) is 22.0. The number of benzene rings is 3. The molecule has 5 rings (SSSR count). The molecule has 1 atom stereocenters. The maximum absolute atomic E-state index is 13.6. The third-order valence-electron chi connectivity index (χ3n) is 6.34. The highest BCUT2D eigenvalue weighted by Crippen LogP contribution is 2.43. The van der Waals surface area contributed by atoms with Gasteiger partial charge in [0.15, 0.2) is 0 Å². The van der Waals surface area contributed by atoms with E-state index in [1.807, 2.05) is 72.3 Å². The van der Waals surface area contributed by atoms with Crippen LogP contribution >= 0.6 is 11.6 Å². The summed E-state index contributed by atoms with van der Waals surface area (Å²) in [4.78, 5) is 28.2. The fourth-order valence-corrected chi connectivity index (χ4v) is 4.80. The van der Waals surface area contributed by atoms with Gasteiger partial charge in [-0.3, -0.25) is 9.59 Å². The lowest BCUT2D eigenvalue weighted by atomic mass is 9.98. The average Bonchev–Trinajstić information content (AvgIpc) is 3.31. The molecule has 4 aromatic rings. The Morgan fingerprint density at radius 2 is 1.74 bits per heavy atom. The Kier molecular flexibility index (Phi) is 5.75. The minimum Gasteiger partial charge on any atom is -0.497 e. The molecule has 1 aromatic heterocycles. The fourth-order valence-electron chi connectivity index (χ4n) is 4.68. The van der Waals surface area contributed by atoms with Crippen molar-refractivity contribution in [3.8, 4) is 5.75 Å². The number of methoxy groups -OCH3 is 1. The minimum atomic E-state index is -0.374. The third kappa shape index (κ3) is 3.80. The Hall–Kier alpha value is -3.77. The van der Waals surface area contributed by atoms with Crippen LogP contribution in [0.4, 0.5) is 0 Å². The second-order valence-corrected chi connectivity index (χ2v) is 8.79. The van der Waals surface area contributed by atoms with Crippen molar-refractivity contribution in [1.29, 1.82) is 0 Å². The van der Waals surface area contributed by atoms with Crippen LogP contribution in [0.25, 0.3) is 10.9 Å². The molecular weight excluding hydrogens is 450 g/mol. The molecule has 0 fully saturated rings. The van der Waals surface area contributed by atoms with E-state index in [1.54, 1.807) is 24.1 Å². The first-order chi connectivity index (χ1) is 16.5. The van der Waals surface area contributed by atoms with Gasteiger partial charge in [-0.25, -0.2) is 0 Å². The van der Waals surface area contributed by atoms with Gasteiger partial charge >= 0.3 is 0 Å². The molecule has 0 aliphatic carbocycles. The molecule has 1 aliphatic heterocycles.